The molecule has 0 saturated carbocycles. The molecule has 0 radical (unpaired) electrons. The Bertz CT molecular complexity index is 401. The molecule has 1 rings (SSSR count). The van der Waals surface area contributed by atoms with Crippen LogP contribution in [0, 0.1) is 5.41 Å². The van der Waals surface area contributed by atoms with Gasteiger partial charge >= 0.3 is 0 Å². The van der Waals surface area contributed by atoms with Gasteiger partial charge in [-0.15, -0.1) is 0 Å². The highest BCUT2D eigenvalue weighted by atomic mass is 16.1. The Balaban J connectivity index is 2.84. The van der Waals surface area contributed by atoms with Crippen LogP contribution < -0.4 is 11.1 Å². The highest BCUT2D eigenvalue weighted by Crippen LogP contribution is 2.07. The molecular weight excluding hydrogens is 202 g/mol. The monoisotopic (exact) mass is 219 g/mol. The van der Waals surface area contributed by atoms with Crippen molar-refractivity contribution in [1.29, 1.82) is 5.41 Å². The molecule has 0 aliphatic carbocycles. The highest BCUT2D eigenvalue weighted by molar-refractivity contribution is 5.95. The van der Waals surface area contributed by atoms with Crippen molar-refractivity contribution in [3.8, 4) is 0 Å². The van der Waals surface area contributed by atoms with Gasteiger partial charge in [-0.1, -0.05) is 18.2 Å². The molecule has 16 heavy (non-hydrogen) atoms. The Hall–Kier alpha value is -1.68. The Kier molecular flexibility index (Phi) is 4.19. The standard InChI is InChI=1S/C12H17N3O/c1-8(16)11(15-2)7-9-4-3-5-10(6-9)12(13)14/h3-6,11,15H,7H2,1-2H3,(H3,13,14). The molecule has 1 unspecified atom stereocenters. The van der Waals surface area contributed by atoms with Gasteiger partial charge < -0.3 is 11.1 Å². The van der Waals surface area contributed by atoms with Crippen LogP contribution in [0.5, 0.6) is 0 Å². The van der Waals surface area contributed by atoms with Gasteiger partial charge in [0.05, 0.1) is 6.04 Å². The number of Topliss-reactive ketones (excluding diaryl/α,β-unsaturated/α-hetero) is 1. The zero-order valence-corrected chi connectivity index (χ0v) is 9.58. The number of nitrogens with one attached hydrogen (secondary N) is 2. The SMILES string of the molecule is CNC(Cc1cccc(C(=N)N)c1)C(C)=O. The molecule has 0 aromatic heterocycles. The number of carbonyl (C=O) groups is 1. The van der Waals surface area contributed by atoms with E-state index in [1.165, 1.54) is 0 Å². The number of nitrogens with two attached hydrogens (primary N) is 1. The van der Waals surface area contributed by atoms with E-state index in [0.29, 0.717) is 12.0 Å². The van der Waals surface area contributed by atoms with Crippen LogP contribution in [-0.2, 0) is 11.2 Å². The van der Waals surface area contributed by atoms with E-state index in [4.69, 9.17) is 11.1 Å². The molecule has 0 bridgehead atoms. The van der Waals surface area contributed by atoms with Crippen LogP contribution in [0.15, 0.2) is 24.3 Å². The smallest absolute Gasteiger partial charge is 0.147 e. The number of likely N-dealkylation sites (N-methyl/N-ethyl adjacent to an activating group) is 1. The second-order valence-electron chi connectivity index (χ2n) is 3.77. The molecule has 4 N–H and O–H groups in total. The summed E-state index contributed by atoms with van der Waals surface area (Å²) in [6, 6.07) is 7.23. The lowest BCUT2D eigenvalue weighted by Crippen LogP contribution is -2.34. The lowest BCUT2D eigenvalue weighted by molar-refractivity contribution is -0.118. The molecule has 4 nitrogen and oxygen atoms in total. The fourth-order valence-corrected chi connectivity index (χ4v) is 1.55. The minimum atomic E-state index is -0.179. The maximum absolute atomic E-state index is 11.3. The van der Waals surface area contributed by atoms with E-state index in [0.717, 1.165) is 5.56 Å². The first-order chi connectivity index (χ1) is 7.54. The topological polar surface area (TPSA) is 79.0 Å². The molecule has 0 fully saturated rings. The van der Waals surface area contributed by atoms with E-state index in [1.807, 2.05) is 18.2 Å². The van der Waals surface area contributed by atoms with Crippen molar-refractivity contribution >= 4 is 11.6 Å². The number of ketones is 1. The Morgan fingerprint density at radius 3 is 2.75 bits per heavy atom. The fourth-order valence-electron chi connectivity index (χ4n) is 1.55. The molecule has 86 valence electrons. The van der Waals surface area contributed by atoms with Gasteiger partial charge in [-0.25, -0.2) is 0 Å². The van der Waals surface area contributed by atoms with E-state index in [2.05, 4.69) is 5.32 Å². The summed E-state index contributed by atoms with van der Waals surface area (Å²) in [6.07, 6.45) is 0.618. The third-order valence-electron chi connectivity index (χ3n) is 2.52. The van der Waals surface area contributed by atoms with E-state index in [-0.39, 0.29) is 17.7 Å². The summed E-state index contributed by atoms with van der Waals surface area (Å²) in [5.74, 6) is 0.154. The first-order valence-corrected chi connectivity index (χ1v) is 5.15. The Morgan fingerprint density at radius 2 is 2.25 bits per heavy atom. The Labute approximate surface area is 95.4 Å². The number of carbonyl (C=O) groups excluding carboxylic acids is 1. The summed E-state index contributed by atoms with van der Waals surface area (Å²) in [6.45, 7) is 1.57. The van der Waals surface area contributed by atoms with Crippen LogP contribution >= 0.6 is 0 Å². The molecule has 0 amide bonds. The average Bonchev–Trinajstić information content (AvgIpc) is 2.25. The zero-order chi connectivity index (χ0) is 12.1. The number of hydrogen-bond donors (Lipinski definition) is 3. The fraction of sp³-hybridized carbons (Fsp3) is 0.333. The van der Waals surface area contributed by atoms with Crippen LogP contribution in [0.3, 0.4) is 0 Å². The number of amidine groups is 1. The molecule has 0 spiro atoms. The zero-order valence-electron chi connectivity index (χ0n) is 9.58. The molecule has 0 saturated heterocycles. The van der Waals surface area contributed by atoms with E-state index < -0.39 is 0 Å². The number of hydrogen-bond acceptors (Lipinski definition) is 3. The lowest BCUT2D eigenvalue weighted by atomic mass is 10.0. The van der Waals surface area contributed by atoms with Crippen molar-refractivity contribution in [3.63, 3.8) is 0 Å². The second-order valence-corrected chi connectivity index (χ2v) is 3.77. The van der Waals surface area contributed by atoms with Crippen molar-refractivity contribution in [2.75, 3.05) is 7.05 Å². The summed E-state index contributed by atoms with van der Waals surface area (Å²) >= 11 is 0. The second kappa shape index (κ2) is 5.42. The summed E-state index contributed by atoms with van der Waals surface area (Å²) in [7, 11) is 1.76. The first-order valence-electron chi connectivity index (χ1n) is 5.15. The predicted molar refractivity (Wildman–Crippen MR) is 64.7 cm³/mol. The van der Waals surface area contributed by atoms with Crippen LogP contribution in [0.2, 0.25) is 0 Å². The summed E-state index contributed by atoms with van der Waals surface area (Å²) in [5, 5.41) is 10.3. The van der Waals surface area contributed by atoms with Crippen molar-refractivity contribution in [2.45, 2.75) is 19.4 Å². The van der Waals surface area contributed by atoms with E-state index >= 15 is 0 Å². The minimum absolute atomic E-state index is 0.0469. The van der Waals surface area contributed by atoms with Crippen LogP contribution in [0.4, 0.5) is 0 Å². The molecule has 4 heteroatoms. The number of benzene rings is 1. The van der Waals surface area contributed by atoms with Crippen LogP contribution in [0.1, 0.15) is 18.1 Å². The maximum atomic E-state index is 11.3. The molecular formula is C12H17N3O. The van der Waals surface area contributed by atoms with Gasteiger partial charge in [-0.3, -0.25) is 10.2 Å². The van der Waals surface area contributed by atoms with Gasteiger partial charge in [0.1, 0.15) is 11.6 Å². The maximum Gasteiger partial charge on any atom is 0.147 e. The first kappa shape index (κ1) is 12.4. The molecule has 1 aromatic rings. The van der Waals surface area contributed by atoms with Gasteiger partial charge in [-0.05, 0) is 32.0 Å². The van der Waals surface area contributed by atoms with Gasteiger partial charge in [0.25, 0.3) is 0 Å². The Morgan fingerprint density at radius 1 is 1.56 bits per heavy atom. The molecule has 0 aliphatic heterocycles. The summed E-state index contributed by atoms with van der Waals surface area (Å²) < 4.78 is 0. The highest BCUT2D eigenvalue weighted by Gasteiger charge is 2.12. The van der Waals surface area contributed by atoms with Crippen molar-refractivity contribution in [2.24, 2.45) is 5.73 Å². The van der Waals surface area contributed by atoms with Crippen molar-refractivity contribution in [1.82, 2.24) is 5.32 Å². The van der Waals surface area contributed by atoms with Gasteiger partial charge in [0.15, 0.2) is 0 Å². The largest absolute Gasteiger partial charge is 0.384 e. The van der Waals surface area contributed by atoms with Crippen LogP contribution in [-0.4, -0.2) is 24.7 Å². The molecule has 1 atom stereocenters. The van der Waals surface area contributed by atoms with Crippen molar-refractivity contribution in [3.05, 3.63) is 35.4 Å². The summed E-state index contributed by atoms with van der Waals surface area (Å²) in [4.78, 5) is 11.3. The number of nitrogen functional groups attached to an aromatic ring is 1. The predicted octanol–water partition coefficient (Wildman–Crippen LogP) is 0.690. The number of rotatable bonds is 5. The summed E-state index contributed by atoms with van der Waals surface area (Å²) in [5.41, 5.74) is 7.10. The molecule has 0 heterocycles. The lowest BCUT2D eigenvalue weighted by Gasteiger charge is -2.13. The van der Waals surface area contributed by atoms with E-state index in [9.17, 15) is 4.79 Å². The van der Waals surface area contributed by atoms with Gasteiger partial charge in [-0.2, -0.15) is 0 Å². The third-order valence-corrected chi connectivity index (χ3v) is 2.52. The van der Waals surface area contributed by atoms with Gasteiger partial charge in [0.2, 0.25) is 0 Å². The quantitative estimate of drug-likeness (QED) is 0.503. The van der Waals surface area contributed by atoms with Crippen molar-refractivity contribution < 1.29 is 4.79 Å². The average molecular weight is 219 g/mol. The molecule has 1 aromatic carbocycles. The molecule has 0 aliphatic rings. The van der Waals surface area contributed by atoms with Crippen LogP contribution in [0.25, 0.3) is 0 Å². The minimum Gasteiger partial charge on any atom is -0.384 e. The van der Waals surface area contributed by atoms with Gasteiger partial charge in [0, 0.05) is 5.56 Å². The normalized spacial score (nSPS) is 12.1. The third kappa shape index (κ3) is 3.17. The van der Waals surface area contributed by atoms with E-state index in [1.54, 1.807) is 20.0 Å².